The Morgan fingerprint density at radius 1 is 1.12 bits per heavy atom. The van der Waals surface area contributed by atoms with E-state index in [2.05, 4.69) is 28.9 Å². The second-order valence-corrected chi connectivity index (χ2v) is 6.42. The molecule has 1 fully saturated rings. The van der Waals surface area contributed by atoms with E-state index in [1.54, 1.807) is 0 Å². The number of aromatic nitrogens is 1. The highest BCUT2D eigenvalue weighted by Crippen LogP contribution is 2.24. The summed E-state index contributed by atoms with van der Waals surface area (Å²) in [5.74, 6) is 0.346. The number of benzene rings is 1. The van der Waals surface area contributed by atoms with Crippen molar-refractivity contribution >= 4 is 27.9 Å². The van der Waals surface area contributed by atoms with Crippen LogP contribution < -0.4 is 0 Å². The van der Waals surface area contributed by atoms with E-state index < -0.39 is 0 Å². The maximum absolute atomic E-state index is 12.7. The fourth-order valence-electron chi connectivity index (χ4n) is 3.26. The summed E-state index contributed by atoms with van der Waals surface area (Å²) in [6.07, 6.45) is 0. The molecule has 2 aromatic heterocycles. The summed E-state index contributed by atoms with van der Waals surface area (Å²) in [4.78, 5) is 21.5. The molecule has 1 aliphatic heterocycles. The van der Waals surface area contributed by atoms with Crippen LogP contribution in [0.1, 0.15) is 23.0 Å². The van der Waals surface area contributed by atoms with Gasteiger partial charge in [0.2, 0.25) is 5.71 Å². The average molecular weight is 323 g/mol. The Hall–Kier alpha value is -2.40. The van der Waals surface area contributed by atoms with Gasteiger partial charge in [-0.05, 0) is 37.2 Å². The van der Waals surface area contributed by atoms with Gasteiger partial charge in [0.1, 0.15) is 0 Å². The van der Waals surface area contributed by atoms with E-state index in [1.807, 2.05) is 30.0 Å². The Balaban J connectivity index is 1.64. The molecule has 1 aromatic carbocycles. The van der Waals surface area contributed by atoms with Gasteiger partial charge >= 0.3 is 0 Å². The SMILES string of the molecule is CCN1CCN(C(=O)c2cc3cc4ccc(C)cc4nc3o2)CC1. The number of hydrogen-bond donors (Lipinski definition) is 0. The summed E-state index contributed by atoms with van der Waals surface area (Å²) >= 11 is 0. The van der Waals surface area contributed by atoms with Gasteiger partial charge in [0, 0.05) is 37.0 Å². The third kappa shape index (κ3) is 2.65. The monoisotopic (exact) mass is 323 g/mol. The maximum atomic E-state index is 12.7. The number of nitrogens with zero attached hydrogens (tertiary/aromatic N) is 3. The average Bonchev–Trinajstić information content (AvgIpc) is 3.02. The van der Waals surface area contributed by atoms with Gasteiger partial charge in [0.15, 0.2) is 5.76 Å². The summed E-state index contributed by atoms with van der Waals surface area (Å²) < 4.78 is 5.77. The first-order chi connectivity index (χ1) is 11.6. The molecule has 0 radical (unpaired) electrons. The zero-order valence-corrected chi connectivity index (χ0v) is 14.1. The normalized spacial score (nSPS) is 16.2. The van der Waals surface area contributed by atoms with Crippen molar-refractivity contribution in [1.29, 1.82) is 0 Å². The number of amides is 1. The van der Waals surface area contributed by atoms with Crippen molar-refractivity contribution in [2.45, 2.75) is 13.8 Å². The third-order valence-electron chi connectivity index (χ3n) is 4.78. The second-order valence-electron chi connectivity index (χ2n) is 6.42. The third-order valence-corrected chi connectivity index (χ3v) is 4.78. The number of fused-ring (bicyclic) bond motifs is 2. The van der Waals surface area contributed by atoms with Crippen LogP contribution in [0.2, 0.25) is 0 Å². The minimum absolute atomic E-state index is 0.0380. The molecule has 0 N–H and O–H groups in total. The molecule has 3 aromatic rings. The molecule has 0 spiro atoms. The van der Waals surface area contributed by atoms with Crippen molar-refractivity contribution in [2.24, 2.45) is 0 Å². The smallest absolute Gasteiger partial charge is 0.289 e. The predicted molar refractivity (Wildman–Crippen MR) is 94.3 cm³/mol. The number of carbonyl (C=O) groups excluding carboxylic acids is 1. The van der Waals surface area contributed by atoms with E-state index in [4.69, 9.17) is 4.42 Å². The lowest BCUT2D eigenvalue weighted by atomic mass is 10.1. The zero-order chi connectivity index (χ0) is 16.7. The molecule has 1 saturated heterocycles. The van der Waals surface area contributed by atoms with Gasteiger partial charge in [-0.1, -0.05) is 19.1 Å². The van der Waals surface area contributed by atoms with Crippen molar-refractivity contribution in [3.05, 3.63) is 41.7 Å². The van der Waals surface area contributed by atoms with Crippen LogP contribution in [0.15, 0.2) is 34.7 Å². The van der Waals surface area contributed by atoms with E-state index in [1.165, 1.54) is 0 Å². The number of hydrogen-bond acceptors (Lipinski definition) is 4. The van der Waals surface area contributed by atoms with Gasteiger partial charge in [-0.25, -0.2) is 4.98 Å². The molecule has 5 nitrogen and oxygen atoms in total. The second kappa shape index (κ2) is 5.91. The van der Waals surface area contributed by atoms with Crippen LogP contribution in [0, 0.1) is 6.92 Å². The molecule has 0 bridgehead atoms. The Morgan fingerprint density at radius 3 is 2.67 bits per heavy atom. The van der Waals surface area contributed by atoms with E-state index >= 15 is 0 Å². The van der Waals surface area contributed by atoms with Crippen LogP contribution in [-0.4, -0.2) is 53.4 Å². The van der Waals surface area contributed by atoms with E-state index in [-0.39, 0.29) is 5.91 Å². The van der Waals surface area contributed by atoms with E-state index in [0.29, 0.717) is 11.5 Å². The van der Waals surface area contributed by atoms with E-state index in [9.17, 15) is 4.79 Å². The van der Waals surface area contributed by atoms with Gasteiger partial charge in [0.05, 0.1) is 5.52 Å². The molecule has 0 saturated carbocycles. The van der Waals surface area contributed by atoms with E-state index in [0.717, 1.165) is 54.6 Å². The summed E-state index contributed by atoms with van der Waals surface area (Å²) in [6.45, 7) is 8.56. The first-order valence-electron chi connectivity index (χ1n) is 8.46. The van der Waals surface area contributed by atoms with Crippen LogP contribution in [0.4, 0.5) is 0 Å². The van der Waals surface area contributed by atoms with Crippen molar-refractivity contribution in [1.82, 2.24) is 14.8 Å². The lowest BCUT2D eigenvalue weighted by Crippen LogP contribution is -2.48. The number of piperazine rings is 1. The molecule has 3 heterocycles. The van der Waals surface area contributed by atoms with Gasteiger partial charge in [-0.2, -0.15) is 0 Å². The van der Waals surface area contributed by atoms with Crippen molar-refractivity contribution in [2.75, 3.05) is 32.7 Å². The highest BCUT2D eigenvalue weighted by atomic mass is 16.4. The van der Waals surface area contributed by atoms with Gasteiger partial charge < -0.3 is 14.2 Å². The summed E-state index contributed by atoms with van der Waals surface area (Å²) in [6, 6.07) is 10.00. The molecule has 0 atom stereocenters. The number of furan rings is 1. The first-order valence-corrected chi connectivity index (χ1v) is 8.46. The Kier molecular flexibility index (Phi) is 3.73. The Morgan fingerprint density at radius 2 is 1.92 bits per heavy atom. The van der Waals surface area contributed by atoms with Gasteiger partial charge in [-0.15, -0.1) is 0 Å². The quantitative estimate of drug-likeness (QED) is 0.727. The largest absolute Gasteiger partial charge is 0.433 e. The van der Waals surface area contributed by atoms with Crippen molar-refractivity contribution in [3.63, 3.8) is 0 Å². The molecular formula is C19H21N3O2. The Labute approximate surface area is 140 Å². The van der Waals surface area contributed by atoms with Gasteiger partial charge in [0.25, 0.3) is 5.91 Å². The topological polar surface area (TPSA) is 49.6 Å². The molecule has 1 amide bonds. The van der Waals surface area contributed by atoms with Crippen molar-refractivity contribution in [3.8, 4) is 0 Å². The highest BCUT2D eigenvalue weighted by Gasteiger charge is 2.24. The van der Waals surface area contributed by atoms with Crippen LogP contribution >= 0.6 is 0 Å². The predicted octanol–water partition coefficient (Wildman–Crippen LogP) is 3.07. The fourth-order valence-corrected chi connectivity index (χ4v) is 3.26. The molecule has 124 valence electrons. The highest BCUT2D eigenvalue weighted by molar-refractivity contribution is 5.98. The molecule has 1 aliphatic rings. The number of likely N-dealkylation sites (N-methyl/N-ethyl adjacent to an activating group) is 1. The maximum Gasteiger partial charge on any atom is 0.289 e. The van der Waals surface area contributed by atoms with Crippen LogP contribution in [-0.2, 0) is 0 Å². The fraction of sp³-hybridized carbons (Fsp3) is 0.368. The van der Waals surface area contributed by atoms with Crippen LogP contribution in [0.3, 0.4) is 0 Å². The summed E-state index contributed by atoms with van der Waals surface area (Å²) in [7, 11) is 0. The minimum Gasteiger partial charge on any atom is -0.433 e. The summed E-state index contributed by atoms with van der Waals surface area (Å²) in [5, 5.41) is 1.94. The number of carbonyl (C=O) groups is 1. The first kappa shape index (κ1) is 15.1. The van der Waals surface area contributed by atoms with Crippen molar-refractivity contribution < 1.29 is 9.21 Å². The summed E-state index contributed by atoms with van der Waals surface area (Å²) in [5.41, 5.74) is 2.59. The molecular weight excluding hydrogens is 302 g/mol. The van der Waals surface area contributed by atoms with Crippen LogP contribution in [0.25, 0.3) is 22.0 Å². The lowest BCUT2D eigenvalue weighted by Gasteiger charge is -2.33. The molecule has 5 heteroatoms. The molecule has 4 rings (SSSR count). The molecule has 24 heavy (non-hydrogen) atoms. The number of rotatable bonds is 2. The molecule has 0 unspecified atom stereocenters. The van der Waals surface area contributed by atoms with Gasteiger partial charge in [-0.3, -0.25) is 4.79 Å². The number of aryl methyl sites for hydroxylation is 1. The molecule has 0 aliphatic carbocycles. The minimum atomic E-state index is -0.0380. The zero-order valence-electron chi connectivity index (χ0n) is 14.1. The van der Waals surface area contributed by atoms with Crippen LogP contribution in [0.5, 0.6) is 0 Å². The standard InChI is InChI=1S/C19H21N3O2/c1-3-21-6-8-22(9-7-21)19(23)17-12-15-11-14-5-4-13(2)10-16(14)20-18(15)24-17/h4-5,10-12H,3,6-9H2,1-2H3. The Bertz CT molecular complexity index is 908. The number of pyridine rings is 1. The lowest BCUT2D eigenvalue weighted by molar-refractivity contribution is 0.0614.